The van der Waals surface area contributed by atoms with Crippen LogP contribution < -0.4 is 0 Å². The van der Waals surface area contributed by atoms with Crippen molar-refractivity contribution in [1.29, 1.82) is 0 Å². The van der Waals surface area contributed by atoms with Crippen LogP contribution in [0.2, 0.25) is 0 Å². The topological polar surface area (TPSA) is 78.9 Å². The zero-order valence-electron chi connectivity index (χ0n) is 37.6. The van der Waals surface area contributed by atoms with Crippen LogP contribution in [-0.2, 0) is 28.6 Å². The van der Waals surface area contributed by atoms with Gasteiger partial charge in [-0.25, -0.2) is 0 Å². The molecular weight excluding hydrogens is 709 g/mol. The van der Waals surface area contributed by atoms with Crippen LogP contribution in [0.5, 0.6) is 0 Å². The Balaban J connectivity index is 4.36. The summed E-state index contributed by atoms with van der Waals surface area (Å²) >= 11 is 0. The van der Waals surface area contributed by atoms with Crippen molar-refractivity contribution in [2.24, 2.45) is 0 Å². The predicted molar refractivity (Wildman–Crippen MR) is 242 cm³/mol. The molecule has 0 aromatic carbocycles. The van der Waals surface area contributed by atoms with Gasteiger partial charge in [-0.15, -0.1) is 0 Å². The molecular formula is C51H90O6. The number of carbonyl (C=O) groups is 3. The van der Waals surface area contributed by atoms with E-state index >= 15 is 0 Å². The molecule has 0 saturated heterocycles. The van der Waals surface area contributed by atoms with Crippen molar-refractivity contribution in [3.05, 3.63) is 48.6 Å². The average molecular weight is 799 g/mol. The van der Waals surface area contributed by atoms with E-state index in [0.29, 0.717) is 19.3 Å². The Kier molecular flexibility index (Phi) is 43.9. The van der Waals surface area contributed by atoms with Crippen molar-refractivity contribution in [1.82, 2.24) is 0 Å². The Labute approximate surface area is 352 Å². The summed E-state index contributed by atoms with van der Waals surface area (Å²) in [4.78, 5) is 37.8. The summed E-state index contributed by atoms with van der Waals surface area (Å²) in [6.45, 7) is 6.51. The minimum Gasteiger partial charge on any atom is -0.462 e. The second-order valence-corrected chi connectivity index (χ2v) is 16.0. The molecule has 0 aliphatic heterocycles. The summed E-state index contributed by atoms with van der Waals surface area (Å²) in [6.07, 6.45) is 53.7. The van der Waals surface area contributed by atoms with Gasteiger partial charge in [0.1, 0.15) is 13.2 Å². The third-order valence-corrected chi connectivity index (χ3v) is 10.3. The minimum atomic E-state index is -0.780. The molecule has 0 fully saturated rings. The van der Waals surface area contributed by atoms with Crippen molar-refractivity contribution in [2.45, 2.75) is 245 Å². The third kappa shape index (κ3) is 44.3. The molecule has 0 aliphatic rings. The van der Waals surface area contributed by atoms with E-state index in [0.717, 1.165) is 89.9 Å². The lowest BCUT2D eigenvalue weighted by molar-refractivity contribution is -0.167. The molecule has 0 amide bonds. The molecule has 0 aromatic heterocycles. The molecule has 0 aromatic rings. The lowest BCUT2D eigenvalue weighted by atomic mass is 10.1. The average Bonchev–Trinajstić information content (AvgIpc) is 3.21. The molecule has 0 rings (SSSR count). The van der Waals surface area contributed by atoms with E-state index in [2.05, 4.69) is 69.4 Å². The maximum absolute atomic E-state index is 12.7. The lowest BCUT2D eigenvalue weighted by Crippen LogP contribution is -2.30. The van der Waals surface area contributed by atoms with Gasteiger partial charge in [0.2, 0.25) is 0 Å². The van der Waals surface area contributed by atoms with Crippen LogP contribution in [0.3, 0.4) is 0 Å². The summed E-state index contributed by atoms with van der Waals surface area (Å²) in [5.41, 5.74) is 0. The molecule has 0 N–H and O–H groups in total. The van der Waals surface area contributed by atoms with Crippen molar-refractivity contribution < 1.29 is 28.6 Å². The molecule has 0 spiro atoms. The van der Waals surface area contributed by atoms with Crippen molar-refractivity contribution in [3.8, 4) is 0 Å². The Morgan fingerprint density at radius 3 is 1.04 bits per heavy atom. The zero-order valence-corrected chi connectivity index (χ0v) is 37.6. The van der Waals surface area contributed by atoms with Crippen LogP contribution in [0.15, 0.2) is 48.6 Å². The highest BCUT2D eigenvalue weighted by Gasteiger charge is 2.19. The van der Waals surface area contributed by atoms with Gasteiger partial charge >= 0.3 is 17.9 Å². The van der Waals surface area contributed by atoms with E-state index in [1.165, 1.54) is 109 Å². The van der Waals surface area contributed by atoms with Crippen molar-refractivity contribution >= 4 is 17.9 Å². The molecule has 6 nitrogen and oxygen atoms in total. The highest BCUT2D eigenvalue weighted by atomic mass is 16.6. The molecule has 6 heteroatoms. The first kappa shape index (κ1) is 54.4. The summed E-state index contributed by atoms with van der Waals surface area (Å²) in [5.74, 6) is -0.909. The van der Waals surface area contributed by atoms with Crippen LogP contribution in [-0.4, -0.2) is 37.2 Å². The fourth-order valence-electron chi connectivity index (χ4n) is 6.55. The summed E-state index contributed by atoms with van der Waals surface area (Å²) < 4.78 is 16.7. The number of hydrogen-bond acceptors (Lipinski definition) is 6. The van der Waals surface area contributed by atoms with E-state index < -0.39 is 6.10 Å². The van der Waals surface area contributed by atoms with E-state index in [1.54, 1.807) is 0 Å². The highest BCUT2D eigenvalue weighted by molar-refractivity contribution is 5.71. The van der Waals surface area contributed by atoms with Crippen LogP contribution in [0.4, 0.5) is 0 Å². The molecule has 0 bridgehead atoms. The van der Waals surface area contributed by atoms with E-state index in [-0.39, 0.29) is 31.1 Å². The fraction of sp³-hybridized carbons (Fsp3) is 0.784. The standard InChI is InChI=1S/C51H90O6/c1-4-7-10-13-16-19-22-23-24-25-26-27-30-32-35-38-41-44-50(53)56-47-48(57-51(54)45-42-39-36-33-29-21-18-15-12-9-6-3)46-55-49(52)43-40-37-34-31-28-20-17-14-11-8-5-2/h14-19,23-24,48H,4-13,20-22,25-47H2,1-3H3/b17-14-,18-15-,19-16-,24-23-/t48-/m1/s1. The molecule has 1 atom stereocenters. The van der Waals surface area contributed by atoms with E-state index in [4.69, 9.17) is 14.2 Å². The summed E-state index contributed by atoms with van der Waals surface area (Å²) in [5, 5.41) is 0. The van der Waals surface area contributed by atoms with Gasteiger partial charge in [-0.05, 0) is 89.9 Å². The van der Waals surface area contributed by atoms with Crippen LogP contribution in [0, 0.1) is 0 Å². The largest absolute Gasteiger partial charge is 0.462 e. The first-order chi connectivity index (χ1) is 28.0. The smallest absolute Gasteiger partial charge is 0.306 e. The Morgan fingerprint density at radius 1 is 0.351 bits per heavy atom. The second-order valence-electron chi connectivity index (χ2n) is 16.0. The molecule has 0 radical (unpaired) electrons. The number of hydrogen-bond donors (Lipinski definition) is 0. The maximum atomic E-state index is 12.7. The van der Waals surface area contributed by atoms with Gasteiger partial charge in [-0.3, -0.25) is 14.4 Å². The third-order valence-electron chi connectivity index (χ3n) is 10.3. The molecule has 330 valence electrons. The highest BCUT2D eigenvalue weighted by Crippen LogP contribution is 2.14. The summed E-state index contributed by atoms with van der Waals surface area (Å²) in [6, 6.07) is 0. The van der Waals surface area contributed by atoms with Gasteiger partial charge in [0.15, 0.2) is 6.10 Å². The lowest BCUT2D eigenvalue weighted by Gasteiger charge is -2.18. The second kappa shape index (κ2) is 46.1. The first-order valence-corrected chi connectivity index (χ1v) is 24.1. The molecule has 0 saturated carbocycles. The van der Waals surface area contributed by atoms with Gasteiger partial charge in [-0.1, -0.05) is 179 Å². The van der Waals surface area contributed by atoms with Gasteiger partial charge in [0.25, 0.3) is 0 Å². The van der Waals surface area contributed by atoms with Gasteiger partial charge in [-0.2, -0.15) is 0 Å². The number of rotatable bonds is 43. The van der Waals surface area contributed by atoms with Gasteiger partial charge in [0, 0.05) is 19.3 Å². The van der Waals surface area contributed by atoms with Crippen LogP contribution in [0.25, 0.3) is 0 Å². The van der Waals surface area contributed by atoms with Crippen LogP contribution in [0.1, 0.15) is 239 Å². The molecule has 0 aliphatic carbocycles. The Hall–Kier alpha value is -2.63. The number of ether oxygens (including phenoxy) is 3. The van der Waals surface area contributed by atoms with Gasteiger partial charge in [0.05, 0.1) is 0 Å². The SMILES string of the molecule is CCCC/C=C\CCCCCCCC(=O)OC[C@H](COC(=O)CCCCCCCCC/C=C\C/C=C\CCCCC)OC(=O)CCCCCCC/C=C\CCCC. The Morgan fingerprint density at radius 2 is 0.649 bits per heavy atom. The zero-order chi connectivity index (χ0) is 41.5. The number of unbranched alkanes of at least 4 members (excludes halogenated alkanes) is 24. The van der Waals surface area contributed by atoms with Gasteiger partial charge < -0.3 is 14.2 Å². The van der Waals surface area contributed by atoms with Crippen molar-refractivity contribution in [3.63, 3.8) is 0 Å². The maximum Gasteiger partial charge on any atom is 0.306 e. The Bertz CT molecular complexity index is 1010. The predicted octanol–water partition coefficient (Wildman–Crippen LogP) is 15.5. The number of carbonyl (C=O) groups excluding carboxylic acids is 3. The van der Waals surface area contributed by atoms with E-state index in [1.807, 2.05) is 0 Å². The molecule has 57 heavy (non-hydrogen) atoms. The first-order valence-electron chi connectivity index (χ1n) is 24.1. The molecule has 0 unspecified atom stereocenters. The minimum absolute atomic E-state index is 0.0831. The van der Waals surface area contributed by atoms with Crippen LogP contribution >= 0.6 is 0 Å². The fourth-order valence-corrected chi connectivity index (χ4v) is 6.55. The quantitative estimate of drug-likeness (QED) is 0.0265. The summed E-state index contributed by atoms with van der Waals surface area (Å²) in [7, 11) is 0. The van der Waals surface area contributed by atoms with Crippen molar-refractivity contribution in [2.75, 3.05) is 13.2 Å². The number of allylic oxidation sites excluding steroid dienone is 8. The number of esters is 3. The van der Waals surface area contributed by atoms with E-state index in [9.17, 15) is 14.4 Å². The monoisotopic (exact) mass is 799 g/mol. The molecule has 0 heterocycles. The normalized spacial score (nSPS) is 12.4.